The van der Waals surface area contributed by atoms with Gasteiger partial charge in [-0.25, -0.2) is 4.98 Å². The number of hydrogen-bond donors (Lipinski definition) is 1. The smallest absolute Gasteiger partial charge is 0.313 e. The molecule has 1 saturated carbocycles. The molecule has 1 aromatic heterocycles. The summed E-state index contributed by atoms with van der Waals surface area (Å²) in [7, 11) is 1.60. The monoisotopic (exact) mass is 466 g/mol. The molecule has 0 radical (unpaired) electrons. The van der Waals surface area contributed by atoms with Crippen molar-refractivity contribution in [2.75, 3.05) is 13.7 Å². The van der Waals surface area contributed by atoms with Crippen molar-refractivity contribution in [2.45, 2.75) is 51.5 Å². The number of hydrogen-bond acceptors (Lipinski definition) is 6. The molecule has 1 aliphatic rings. The minimum Gasteiger partial charge on any atom is -0.496 e. The van der Waals surface area contributed by atoms with Crippen molar-refractivity contribution in [3.8, 4) is 5.75 Å². The van der Waals surface area contributed by atoms with Crippen molar-refractivity contribution in [1.82, 2.24) is 10.3 Å². The van der Waals surface area contributed by atoms with Gasteiger partial charge >= 0.3 is 5.97 Å². The molecule has 1 fully saturated rings. The molecule has 1 amide bonds. The molecule has 0 saturated heterocycles. The number of carbonyl (C=O) groups is 2. The van der Waals surface area contributed by atoms with Gasteiger partial charge in [-0.2, -0.15) is 0 Å². The molecule has 2 aromatic carbocycles. The molecule has 6 nitrogen and oxygen atoms in total. The Morgan fingerprint density at radius 2 is 1.82 bits per heavy atom. The van der Waals surface area contributed by atoms with Crippen LogP contribution in [0.25, 0.3) is 10.2 Å². The average molecular weight is 467 g/mol. The molecule has 1 N–H and O–H groups in total. The number of rotatable bonds is 8. The zero-order chi connectivity index (χ0) is 23.3. The zero-order valence-electron chi connectivity index (χ0n) is 19.1. The molecule has 0 aliphatic heterocycles. The van der Waals surface area contributed by atoms with Crippen LogP contribution < -0.4 is 10.1 Å². The van der Waals surface area contributed by atoms with Gasteiger partial charge in [0.05, 0.1) is 33.8 Å². The second-order valence-electron chi connectivity index (χ2n) is 8.70. The Balaban J connectivity index is 1.40. The first-order valence-electron chi connectivity index (χ1n) is 11.4. The Hall–Kier alpha value is -2.93. The standard InChI is InChI=1S/C26H30N2O4S/c1-18(19-10-4-6-12-21(19)31-2)27-23(29)17-32-25(30)26(14-8-3-9-15-26)16-24-28-20-11-5-7-13-22(20)33-24/h4-7,10-13,18H,3,8-9,14-17H2,1-2H3,(H,27,29). The zero-order valence-corrected chi connectivity index (χ0v) is 20.0. The number of carbonyl (C=O) groups excluding carboxylic acids is 2. The van der Waals surface area contributed by atoms with Crippen LogP contribution in [0.15, 0.2) is 48.5 Å². The molecule has 33 heavy (non-hydrogen) atoms. The van der Waals surface area contributed by atoms with E-state index in [2.05, 4.69) is 11.4 Å². The lowest BCUT2D eigenvalue weighted by atomic mass is 9.72. The summed E-state index contributed by atoms with van der Waals surface area (Å²) >= 11 is 1.63. The van der Waals surface area contributed by atoms with E-state index in [1.165, 1.54) is 0 Å². The van der Waals surface area contributed by atoms with E-state index in [1.807, 2.05) is 49.4 Å². The lowest BCUT2D eigenvalue weighted by Crippen LogP contribution is -2.39. The predicted octanol–water partition coefficient (Wildman–Crippen LogP) is 5.22. The Bertz CT molecular complexity index is 1090. The van der Waals surface area contributed by atoms with Gasteiger partial charge in [-0.3, -0.25) is 9.59 Å². The number of thiazole rings is 1. The van der Waals surface area contributed by atoms with Crippen LogP contribution >= 0.6 is 11.3 Å². The van der Waals surface area contributed by atoms with Gasteiger partial charge in [-0.15, -0.1) is 11.3 Å². The summed E-state index contributed by atoms with van der Waals surface area (Å²) in [6, 6.07) is 15.3. The maximum Gasteiger partial charge on any atom is 0.313 e. The van der Waals surface area contributed by atoms with Crippen LogP contribution in [0.2, 0.25) is 0 Å². The summed E-state index contributed by atoms with van der Waals surface area (Å²) in [6.45, 7) is 1.59. The number of fused-ring (bicyclic) bond motifs is 1. The Morgan fingerprint density at radius 1 is 1.09 bits per heavy atom. The number of ether oxygens (including phenoxy) is 2. The number of methoxy groups -OCH3 is 1. The lowest BCUT2D eigenvalue weighted by Gasteiger charge is -2.34. The fraction of sp³-hybridized carbons (Fsp3) is 0.423. The van der Waals surface area contributed by atoms with E-state index in [9.17, 15) is 9.59 Å². The van der Waals surface area contributed by atoms with Crippen LogP contribution in [-0.2, 0) is 20.7 Å². The highest BCUT2D eigenvalue weighted by Crippen LogP contribution is 2.41. The van der Waals surface area contributed by atoms with Crippen molar-refractivity contribution in [3.05, 3.63) is 59.1 Å². The van der Waals surface area contributed by atoms with E-state index in [0.29, 0.717) is 12.2 Å². The van der Waals surface area contributed by atoms with Gasteiger partial charge in [0.1, 0.15) is 5.75 Å². The molecule has 1 aliphatic carbocycles. The van der Waals surface area contributed by atoms with Crippen molar-refractivity contribution >= 4 is 33.4 Å². The van der Waals surface area contributed by atoms with Crippen LogP contribution in [0.3, 0.4) is 0 Å². The van der Waals surface area contributed by atoms with E-state index in [1.54, 1.807) is 18.4 Å². The SMILES string of the molecule is COc1ccccc1C(C)NC(=O)COC(=O)C1(Cc2nc3ccccc3s2)CCCCC1. The van der Waals surface area contributed by atoms with Gasteiger partial charge in [0, 0.05) is 12.0 Å². The van der Waals surface area contributed by atoms with E-state index in [0.717, 1.165) is 52.9 Å². The van der Waals surface area contributed by atoms with Crippen molar-refractivity contribution in [3.63, 3.8) is 0 Å². The van der Waals surface area contributed by atoms with Gasteiger partial charge in [-0.1, -0.05) is 49.6 Å². The summed E-state index contributed by atoms with van der Waals surface area (Å²) in [6.07, 6.45) is 5.17. The molecule has 1 unspecified atom stereocenters. The first-order valence-corrected chi connectivity index (χ1v) is 12.3. The highest BCUT2D eigenvalue weighted by atomic mass is 32.1. The largest absolute Gasteiger partial charge is 0.496 e. The molecule has 1 heterocycles. The van der Waals surface area contributed by atoms with Gasteiger partial charge in [0.25, 0.3) is 5.91 Å². The van der Waals surface area contributed by atoms with Crippen LogP contribution in [0, 0.1) is 5.41 Å². The van der Waals surface area contributed by atoms with Gasteiger partial charge in [0.15, 0.2) is 6.61 Å². The minimum atomic E-state index is -0.610. The second-order valence-corrected chi connectivity index (χ2v) is 9.82. The van der Waals surface area contributed by atoms with Crippen molar-refractivity contribution in [2.24, 2.45) is 5.41 Å². The first-order chi connectivity index (χ1) is 16.0. The molecule has 0 spiro atoms. The molecule has 4 rings (SSSR count). The van der Waals surface area contributed by atoms with E-state index in [-0.39, 0.29) is 24.5 Å². The van der Waals surface area contributed by atoms with Crippen molar-refractivity contribution < 1.29 is 19.1 Å². The van der Waals surface area contributed by atoms with Crippen LogP contribution in [-0.4, -0.2) is 30.6 Å². The summed E-state index contributed by atoms with van der Waals surface area (Å²) in [5.74, 6) is 0.0912. The number of aromatic nitrogens is 1. The number of nitrogens with one attached hydrogen (secondary N) is 1. The molecule has 3 aromatic rings. The maximum atomic E-state index is 13.3. The molecule has 174 valence electrons. The van der Waals surface area contributed by atoms with E-state index < -0.39 is 5.41 Å². The van der Waals surface area contributed by atoms with Crippen LogP contribution in [0.5, 0.6) is 5.75 Å². The van der Waals surface area contributed by atoms with Crippen LogP contribution in [0.1, 0.15) is 55.6 Å². The van der Waals surface area contributed by atoms with Gasteiger partial charge in [-0.05, 0) is 38.0 Å². The predicted molar refractivity (Wildman–Crippen MR) is 129 cm³/mol. The molecular weight excluding hydrogens is 436 g/mol. The average Bonchev–Trinajstić information content (AvgIpc) is 3.25. The van der Waals surface area contributed by atoms with Gasteiger partial charge < -0.3 is 14.8 Å². The minimum absolute atomic E-state index is 0.265. The second kappa shape index (κ2) is 10.3. The first kappa shape index (κ1) is 23.2. The Morgan fingerprint density at radius 3 is 2.58 bits per heavy atom. The lowest BCUT2D eigenvalue weighted by molar-refractivity contribution is -0.161. The fourth-order valence-electron chi connectivity index (χ4n) is 4.64. The van der Waals surface area contributed by atoms with E-state index >= 15 is 0 Å². The van der Waals surface area contributed by atoms with E-state index in [4.69, 9.17) is 14.5 Å². The third-order valence-electron chi connectivity index (χ3n) is 6.39. The third-order valence-corrected chi connectivity index (χ3v) is 7.43. The fourth-order valence-corrected chi connectivity index (χ4v) is 5.75. The Labute approximate surface area is 198 Å². The molecule has 7 heteroatoms. The number of nitrogens with zero attached hydrogens (tertiary/aromatic N) is 1. The Kier molecular flexibility index (Phi) is 7.28. The summed E-state index contributed by atoms with van der Waals surface area (Å²) in [4.78, 5) is 30.5. The summed E-state index contributed by atoms with van der Waals surface area (Å²) in [5.41, 5.74) is 1.22. The summed E-state index contributed by atoms with van der Waals surface area (Å²) < 4.78 is 12.1. The highest BCUT2D eigenvalue weighted by molar-refractivity contribution is 7.18. The topological polar surface area (TPSA) is 77.5 Å². The number of para-hydroxylation sites is 2. The molecule has 1 atom stereocenters. The quantitative estimate of drug-likeness (QED) is 0.461. The van der Waals surface area contributed by atoms with Crippen LogP contribution in [0.4, 0.5) is 0 Å². The van der Waals surface area contributed by atoms with Crippen molar-refractivity contribution in [1.29, 1.82) is 0 Å². The summed E-state index contributed by atoms with van der Waals surface area (Å²) in [5, 5.41) is 3.85. The number of benzene rings is 2. The number of esters is 1. The highest BCUT2D eigenvalue weighted by Gasteiger charge is 2.42. The van der Waals surface area contributed by atoms with Gasteiger partial charge in [0.2, 0.25) is 0 Å². The molecule has 0 bridgehead atoms. The molecular formula is C26H30N2O4S. The number of amides is 1. The third kappa shape index (κ3) is 5.36. The normalized spacial score (nSPS) is 16.2. The maximum absolute atomic E-state index is 13.3.